The van der Waals surface area contributed by atoms with Crippen molar-refractivity contribution in [1.29, 1.82) is 0 Å². The van der Waals surface area contributed by atoms with Crippen molar-refractivity contribution < 1.29 is 42.2 Å². The Kier molecular flexibility index (Phi) is 13.0. The number of benzene rings is 2. The van der Waals surface area contributed by atoms with Gasteiger partial charge in [0.05, 0.1) is 17.3 Å². The van der Waals surface area contributed by atoms with Gasteiger partial charge >= 0.3 is 25.8 Å². The number of carbonyl (C=O) groups excluding carboxylic acids is 3. The maximum Gasteiger partial charge on any atom is 0.412 e. The normalized spacial score (nSPS) is 14.1. The number of esters is 1. The number of nitrogens with one attached hydrogen (secondary N) is 1. The minimum atomic E-state index is -3.84. The average Bonchev–Trinajstić information content (AvgIpc) is 2.90. The summed E-state index contributed by atoms with van der Waals surface area (Å²) in [6, 6.07) is 16.6. The predicted octanol–water partition coefficient (Wildman–Crippen LogP) is 7.04. The van der Waals surface area contributed by atoms with Crippen molar-refractivity contribution >= 4 is 25.8 Å². The molecule has 0 saturated heterocycles. The number of ether oxygens (including phenoxy) is 3. The van der Waals surface area contributed by atoms with E-state index in [0.717, 1.165) is 16.0 Å². The van der Waals surface area contributed by atoms with Crippen LogP contribution in [0.4, 0.5) is 9.59 Å². The Balaban J connectivity index is 2.33. The molecular formula is C32H47N2O9P. The van der Waals surface area contributed by atoms with E-state index >= 15 is 0 Å². The molecule has 0 saturated carbocycles. The summed E-state index contributed by atoms with van der Waals surface area (Å²) in [6.07, 6.45) is -1.77. The summed E-state index contributed by atoms with van der Waals surface area (Å²) in [5.74, 6) is -0.830. The van der Waals surface area contributed by atoms with Crippen LogP contribution in [-0.4, -0.2) is 58.7 Å². The van der Waals surface area contributed by atoms with Gasteiger partial charge in [0.1, 0.15) is 31.6 Å². The van der Waals surface area contributed by atoms with Crippen LogP contribution in [0.1, 0.15) is 73.4 Å². The summed E-state index contributed by atoms with van der Waals surface area (Å²) in [6.45, 7) is 14.2. The number of amides is 2. The molecule has 1 N–H and O–H groups in total. The van der Waals surface area contributed by atoms with Gasteiger partial charge in [0.2, 0.25) is 0 Å². The maximum absolute atomic E-state index is 13.9. The third-order valence-corrected chi connectivity index (χ3v) is 8.55. The van der Waals surface area contributed by atoms with E-state index < -0.39 is 61.4 Å². The molecule has 0 aliphatic carbocycles. The lowest BCUT2D eigenvalue weighted by molar-refractivity contribution is -0.148. The van der Waals surface area contributed by atoms with Gasteiger partial charge in [0, 0.05) is 0 Å². The Labute approximate surface area is 261 Å². The van der Waals surface area contributed by atoms with Crippen LogP contribution in [0, 0.1) is 0 Å². The van der Waals surface area contributed by atoms with Crippen molar-refractivity contribution in [3.05, 3.63) is 71.8 Å². The zero-order valence-electron chi connectivity index (χ0n) is 27.2. The van der Waals surface area contributed by atoms with E-state index in [9.17, 15) is 18.9 Å². The van der Waals surface area contributed by atoms with Gasteiger partial charge in [-0.2, -0.15) is 0 Å². The first-order valence-electron chi connectivity index (χ1n) is 14.4. The molecule has 0 spiro atoms. The minimum absolute atomic E-state index is 0.0454. The summed E-state index contributed by atoms with van der Waals surface area (Å²) in [4.78, 5) is 40.5. The number of nitrogens with zero attached hydrogens (tertiary/aromatic N) is 1. The van der Waals surface area contributed by atoms with Crippen LogP contribution in [0.2, 0.25) is 0 Å². The highest BCUT2D eigenvalue weighted by molar-refractivity contribution is 7.55. The van der Waals surface area contributed by atoms with Crippen molar-refractivity contribution in [2.45, 2.75) is 97.9 Å². The summed E-state index contributed by atoms with van der Waals surface area (Å²) >= 11 is 0. The summed E-state index contributed by atoms with van der Waals surface area (Å²) in [5, 5.41) is 1.55. The van der Waals surface area contributed by atoms with Crippen molar-refractivity contribution in [2.24, 2.45) is 0 Å². The molecule has 2 aromatic carbocycles. The second kappa shape index (κ2) is 15.5. The first-order chi connectivity index (χ1) is 20.3. The molecule has 12 heteroatoms. The monoisotopic (exact) mass is 634 g/mol. The number of hydrogen-bond donors (Lipinski definition) is 1. The molecule has 0 heterocycles. The quantitative estimate of drug-likeness (QED) is 0.113. The van der Waals surface area contributed by atoms with Crippen LogP contribution in [0.3, 0.4) is 0 Å². The third-order valence-electron chi connectivity index (χ3n) is 5.67. The molecule has 2 rings (SSSR count). The molecule has 2 atom stereocenters. The Morgan fingerprint density at radius 2 is 1.27 bits per heavy atom. The fourth-order valence-electron chi connectivity index (χ4n) is 3.51. The van der Waals surface area contributed by atoms with E-state index in [4.69, 9.17) is 23.3 Å². The van der Waals surface area contributed by atoms with Crippen LogP contribution in [0.15, 0.2) is 60.7 Å². The van der Waals surface area contributed by atoms with E-state index in [-0.39, 0.29) is 13.2 Å². The highest BCUT2D eigenvalue weighted by atomic mass is 31.2. The second-order valence-electron chi connectivity index (χ2n) is 13.2. The summed E-state index contributed by atoms with van der Waals surface area (Å²) in [7, 11) is -3.84. The van der Waals surface area contributed by atoms with Gasteiger partial charge in [0.15, 0.2) is 0 Å². The molecule has 0 fully saturated rings. The van der Waals surface area contributed by atoms with Gasteiger partial charge < -0.3 is 24.1 Å². The van der Waals surface area contributed by atoms with Gasteiger partial charge in [-0.1, -0.05) is 60.7 Å². The van der Waals surface area contributed by atoms with E-state index in [1.807, 2.05) is 12.1 Å². The molecule has 2 amide bonds. The predicted molar refractivity (Wildman–Crippen MR) is 167 cm³/mol. The Bertz CT molecular complexity index is 1270. The lowest BCUT2D eigenvalue weighted by atomic mass is 10.2. The number of hydrogen-bond acceptors (Lipinski definition) is 9. The van der Waals surface area contributed by atoms with Crippen molar-refractivity contribution in [3.63, 3.8) is 0 Å². The summed E-state index contributed by atoms with van der Waals surface area (Å²) in [5.41, 5.74) is -0.264. The molecule has 0 aliphatic heterocycles. The minimum Gasteiger partial charge on any atom is -0.459 e. The smallest absolute Gasteiger partial charge is 0.412 e. The van der Waals surface area contributed by atoms with Gasteiger partial charge in [-0.15, -0.1) is 0 Å². The van der Waals surface area contributed by atoms with Crippen LogP contribution in [0.5, 0.6) is 0 Å². The van der Waals surface area contributed by atoms with Gasteiger partial charge in [0.25, 0.3) is 0 Å². The fraction of sp³-hybridized carbons (Fsp3) is 0.531. The van der Waals surface area contributed by atoms with Gasteiger partial charge in [-0.25, -0.2) is 14.4 Å². The lowest BCUT2D eigenvalue weighted by Gasteiger charge is -2.37. The molecule has 44 heavy (non-hydrogen) atoms. The number of alkyl carbamates (subject to hydrolysis) is 1. The number of rotatable bonds is 12. The van der Waals surface area contributed by atoms with E-state index in [0.29, 0.717) is 0 Å². The molecule has 1 unspecified atom stereocenters. The van der Waals surface area contributed by atoms with Gasteiger partial charge in [-0.3, -0.25) is 14.0 Å². The highest BCUT2D eigenvalue weighted by Crippen LogP contribution is 2.61. The Morgan fingerprint density at radius 1 is 0.773 bits per heavy atom. The Hall–Kier alpha value is -3.40. The molecule has 0 radical (unpaired) electrons. The molecule has 11 nitrogen and oxygen atoms in total. The van der Waals surface area contributed by atoms with Crippen LogP contribution in [-0.2, 0) is 45.8 Å². The van der Waals surface area contributed by atoms with Gasteiger partial charge in [-0.05, 0) is 73.4 Å². The molecule has 0 aromatic heterocycles. The highest BCUT2D eigenvalue weighted by Gasteiger charge is 2.44. The lowest BCUT2D eigenvalue weighted by Crippen LogP contribution is -2.52. The molecule has 0 bridgehead atoms. The molecule has 2 aromatic rings. The molecule has 0 aliphatic rings. The topological polar surface area (TPSA) is 130 Å². The standard InChI is InChI=1S/C32H47N2O9P/c1-30(2,3)42-29(37)34(23-41-44(38,32(7,8)9)43-31(4,5)6)20-26(27(35)39-21-24-16-12-10-13-17-24)33-28(36)40-22-25-18-14-11-15-19-25/h10-19,26H,20-23H2,1-9H3,(H,33,36)/t26-,44?/m0/s1. The van der Waals surface area contributed by atoms with Crippen LogP contribution < -0.4 is 5.32 Å². The van der Waals surface area contributed by atoms with Crippen LogP contribution >= 0.6 is 7.60 Å². The van der Waals surface area contributed by atoms with E-state index in [1.54, 1.807) is 111 Å². The second-order valence-corrected chi connectivity index (χ2v) is 16.0. The average molecular weight is 635 g/mol. The molecular weight excluding hydrogens is 587 g/mol. The Morgan fingerprint density at radius 3 is 1.73 bits per heavy atom. The maximum atomic E-state index is 13.9. The van der Waals surface area contributed by atoms with Crippen LogP contribution in [0.25, 0.3) is 0 Å². The zero-order chi connectivity index (χ0) is 33.2. The first kappa shape index (κ1) is 36.8. The van der Waals surface area contributed by atoms with E-state index in [2.05, 4.69) is 5.32 Å². The number of carbonyl (C=O) groups is 3. The molecule has 244 valence electrons. The third kappa shape index (κ3) is 13.1. The SMILES string of the molecule is CC(C)(C)OC(=O)N(COP(=O)(OC(C)(C)C)C(C)(C)C)C[C@H](NC(=O)OCc1ccccc1)C(=O)OCc1ccccc1. The van der Waals surface area contributed by atoms with E-state index in [1.165, 1.54) is 0 Å². The first-order valence-corrected chi connectivity index (χ1v) is 15.9. The summed E-state index contributed by atoms with van der Waals surface area (Å²) < 4.78 is 42.0. The van der Waals surface area contributed by atoms with Crippen molar-refractivity contribution in [1.82, 2.24) is 10.2 Å². The zero-order valence-corrected chi connectivity index (χ0v) is 28.1. The largest absolute Gasteiger partial charge is 0.459 e. The fourth-order valence-corrected chi connectivity index (χ4v) is 5.23. The van der Waals surface area contributed by atoms with Crippen molar-refractivity contribution in [2.75, 3.05) is 13.3 Å². The van der Waals surface area contributed by atoms with Crippen molar-refractivity contribution in [3.8, 4) is 0 Å².